The minimum atomic E-state index is -3.74. The third-order valence-electron chi connectivity index (χ3n) is 2.73. The minimum absolute atomic E-state index is 0.0567. The Morgan fingerprint density at radius 1 is 1.17 bits per heavy atom. The van der Waals surface area contributed by atoms with Gasteiger partial charge in [-0.3, -0.25) is 0 Å². The highest BCUT2D eigenvalue weighted by atomic mass is 35.7. The zero-order valence-corrected chi connectivity index (χ0v) is 11.2. The number of benzene rings is 1. The maximum Gasteiger partial charge on any atom is 0.276 e. The molecule has 1 aromatic heterocycles. The van der Waals surface area contributed by atoms with Crippen LogP contribution in [0.2, 0.25) is 0 Å². The molecule has 0 spiro atoms. The molecule has 18 heavy (non-hydrogen) atoms. The predicted molar refractivity (Wildman–Crippen MR) is 67.7 cm³/mol. The molecule has 0 radical (unpaired) electrons. The van der Waals surface area contributed by atoms with Crippen molar-refractivity contribution >= 4 is 19.7 Å². The van der Waals surface area contributed by atoms with Crippen molar-refractivity contribution in [3.8, 4) is 0 Å². The molecule has 1 aromatic carbocycles. The Bertz CT molecular complexity index is 662. The summed E-state index contributed by atoms with van der Waals surface area (Å²) in [5.41, 5.74) is 1.69. The van der Waals surface area contributed by atoms with Crippen LogP contribution in [0.1, 0.15) is 11.3 Å². The largest absolute Gasteiger partial charge is 0.338 e. The lowest BCUT2D eigenvalue weighted by molar-refractivity contribution is 0.598. The molecule has 0 N–H and O–H groups in total. The van der Waals surface area contributed by atoms with Gasteiger partial charge in [-0.25, -0.2) is 12.8 Å². The Kier molecular flexibility index (Phi) is 3.45. The van der Waals surface area contributed by atoms with Gasteiger partial charge in [0.2, 0.25) is 0 Å². The number of hydrogen-bond donors (Lipinski definition) is 0. The first-order chi connectivity index (χ1) is 8.38. The molecule has 2 aromatic rings. The Hall–Kier alpha value is -1.33. The van der Waals surface area contributed by atoms with Gasteiger partial charge in [-0.1, -0.05) is 12.1 Å². The smallest absolute Gasteiger partial charge is 0.276 e. The molecular formula is C12H11ClFNO2S. The predicted octanol–water partition coefficient (Wildman–Crippen LogP) is 2.68. The van der Waals surface area contributed by atoms with E-state index >= 15 is 0 Å². The van der Waals surface area contributed by atoms with Gasteiger partial charge in [0.05, 0.1) is 0 Å². The summed E-state index contributed by atoms with van der Waals surface area (Å²) in [6, 6.07) is 9.23. The Morgan fingerprint density at radius 2 is 1.78 bits per heavy atom. The maximum atomic E-state index is 12.8. The van der Waals surface area contributed by atoms with Crippen LogP contribution in [0.3, 0.4) is 0 Å². The van der Waals surface area contributed by atoms with E-state index in [2.05, 4.69) is 0 Å². The van der Waals surface area contributed by atoms with Crippen LogP contribution in [-0.2, 0) is 22.5 Å². The number of rotatable bonds is 3. The van der Waals surface area contributed by atoms with Crippen molar-refractivity contribution in [1.29, 1.82) is 0 Å². The first kappa shape index (κ1) is 13.1. The van der Waals surface area contributed by atoms with Gasteiger partial charge in [0.1, 0.15) is 5.82 Å². The van der Waals surface area contributed by atoms with Crippen molar-refractivity contribution in [2.75, 3.05) is 0 Å². The minimum Gasteiger partial charge on any atom is -0.338 e. The highest BCUT2D eigenvalue weighted by molar-refractivity contribution is 8.13. The molecule has 2 rings (SSSR count). The summed E-state index contributed by atoms with van der Waals surface area (Å²) in [5, 5.41) is 0.0567. The number of nitrogens with zero attached hydrogens (tertiary/aromatic N) is 1. The normalized spacial score (nSPS) is 11.7. The van der Waals surface area contributed by atoms with E-state index in [1.54, 1.807) is 25.2 Å². The van der Waals surface area contributed by atoms with Crippen LogP contribution in [0.15, 0.2) is 41.4 Å². The van der Waals surface area contributed by atoms with Gasteiger partial charge in [0.25, 0.3) is 9.05 Å². The topological polar surface area (TPSA) is 39.1 Å². The molecular weight excluding hydrogens is 277 g/mol. The van der Waals surface area contributed by atoms with E-state index in [1.807, 2.05) is 0 Å². The first-order valence-corrected chi connectivity index (χ1v) is 7.52. The fourth-order valence-electron chi connectivity index (χ4n) is 1.77. The molecule has 0 bridgehead atoms. The lowest BCUT2D eigenvalue weighted by Crippen LogP contribution is -2.04. The van der Waals surface area contributed by atoms with E-state index in [0.717, 1.165) is 11.3 Å². The summed E-state index contributed by atoms with van der Waals surface area (Å²) >= 11 is 0. The second-order valence-corrected chi connectivity index (χ2v) is 6.48. The van der Waals surface area contributed by atoms with Gasteiger partial charge in [-0.2, -0.15) is 0 Å². The molecule has 0 fully saturated rings. The SMILES string of the molecule is Cn1c(Cc2ccc(F)cc2)ccc1S(=O)(=O)Cl. The quantitative estimate of drug-likeness (QED) is 0.814. The number of hydrogen-bond acceptors (Lipinski definition) is 2. The molecule has 0 saturated heterocycles. The lowest BCUT2D eigenvalue weighted by atomic mass is 10.1. The van der Waals surface area contributed by atoms with Gasteiger partial charge in [0.15, 0.2) is 5.03 Å². The van der Waals surface area contributed by atoms with Gasteiger partial charge in [0, 0.05) is 29.8 Å². The molecule has 0 atom stereocenters. The Labute approximate surface area is 109 Å². The van der Waals surface area contributed by atoms with E-state index in [1.165, 1.54) is 22.8 Å². The fraction of sp³-hybridized carbons (Fsp3) is 0.167. The summed E-state index contributed by atoms with van der Waals surface area (Å²) in [6.45, 7) is 0. The molecule has 0 saturated carbocycles. The zero-order chi connectivity index (χ0) is 13.3. The summed E-state index contributed by atoms with van der Waals surface area (Å²) in [7, 11) is 3.20. The van der Waals surface area contributed by atoms with Gasteiger partial charge < -0.3 is 4.57 Å². The lowest BCUT2D eigenvalue weighted by Gasteiger charge is -2.06. The van der Waals surface area contributed by atoms with Crippen LogP contribution < -0.4 is 0 Å². The van der Waals surface area contributed by atoms with E-state index in [0.29, 0.717) is 6.42 Å². The molecule has 0 unspecified atom stereocenters. The molecule has 0 amide bonds. The van der Waals surface area contributed by atoms with Gasteiger partial charge >= 0.3 is 0 Å². The molecule has 6 heteroatoms. The van der Waals surface area contributed by atoms with Gasteiger partial charge in [-0.15, -0.1) is 0 Å². The summed E-state index contributed by atoms with van der Waals surface area (Å²) in [5.74, 6) is -0.297. The number of halogens is 2. The second kappa shape index (κ2) is 4.74. The van der Waals surface area contributed by atoms with Crippen molar-refractivity contribution in [2.45, 2.75) is 11.4 Å². The van der Waals surface area contributed by atoms with E-state index < -0.39 is 9.05 Å². The van der Waals surface area contributed by atoms with Crippen molar-refractivity contribution < 1.29 is 12.8 Å². The summed E-state index contributed by atoms with van der Waals surface area (Å²) in [6.07, 6.45) is 0.517. The van der Waals surface area contributed by atoms with E-state index in [9.17, 15) is 12.8 Å². The zero-order valence-electron chi connectivity index (χ0n) is 9.60. The van der Waals surface area contributed by atoms with Crippen LogP contribution in [0, 0.1) is 5.82 Å². The van der Waals surface area contributed by atoms with E-state index in [-0.39, 0.29) is 10.8 Å². The molecule has 96 valence electrons. The van der Waals surface area contributed by atoms with Crippen LogP contribution in [0.25, 0.3) is 0 Å². The van der Waals surface area contributed by atoms with Crippen LogP contribution in [-0.4, -0.2) is 13.0 Å². The molecule has 3 nitrogen and oxygen atoms in total. The number of aromatic nitrogens is 1. The van der Waals surface area contributed by atoms with Crippen LogP contribution in [0.5, 0.6) is 0 Å². The third kappa shape index (κ3) is 2.73. The Morgan fingerprint density at radius 3 is 2.28 bits per heavy atom. The average molecular weight is 288 g/mol. The molecule has 0 aliphatic carbocycles. The average Bonchev–Trinajstić information content (AvgIpc) is 2.63. The highest BCUT2D eigenvalue weighted by Crippen LogP contribution is 2.19. The van der Waals surface area contributed by atoms with Crippen molar-refractivity contribution in [3.05, 3.63) is 53.5 Å². The highest BCUT2D eigenvalue weighted by Gasteiger charge is 2.16. The molecule has 0 aliphatic rings. The monoisotopic (exact) mass is 287 g/mol. The molecule has 0 aliphatic heterocycles. The van der Waals surface area contributed by atoms with Crippen LogP contribution >= 0.6 is 10.7 Å². The molecule has 1 heterocycles. The Balaban J connectivity index is 2.31. The van der Waals surface area contributed by atoms with Crippen molar-refractivity contribution in [3.63, 3.8) is 0 Å². The maximum absolute atomic E-state index is 12.8. The standard InChI is InChI=1S/C12H11ClFNO2S/c1-15-11(6-7-12(15)18(13,16)17)8-9-2-4-10(14)5-3-9/h2-7H,8H2,1H3. The van der Waals surface area contributed by atoms with Crippen molar-refractivity contribution in [1.82, 2.24) is 4.57 Å². The van der Waals surface area contributed by atoms with Gasteiger partial charge in [-0.05, 0) is 29.8 Å². The first-order valence-electron chi connectivity index (χ1n) is 5.21. The van der Waals surface area contributed by atoms with Crippen molar-refractivity contribution in [2.24, 2.45) is 7.05 Å². The summed E-state index contributed by atoms with van der Waals surface area (Å²) in [4.78, 5) is 0. The third-order valence-corrected chi connectivity index (χ3v) is 4.11. The van der Waals surface area contributed by atoms with E-state index in [4.69, 9.17) is 10.7 Å². The summed E-state index contributed by atoms with van der Waals surface area (Å²) < 4.78 is 36.8. The van der Waals surface area contributed by atoms with Crippen LogP contribution in [0.4, 0.5) is 4.39 Å². The second-order valence-electron chi connectivity index (χ2n) is 3.96. The fourth-order valence-corrected chi connectivity index (χ4v) is 2.91.